The number of aromatic nitrogens is 1. The molecule has 1 N–H and O–H groups in total. The fourth-order valence-corrected chi connectivity index (χ4v) is 5.31. The van der Waals surface area contributed by atoms with Gasteiger partial charge in [0.25, 0.3) is 5.91 Å². The molecule has 0 radical (unpaired) electrons. The average Bonchev–Trinajstić information content (AvgIpc) is 3.00. The Bertz CT molecular complexity index is 615. The summed E-state index contributed by atoms with van der Waals surface area (Å²) in [5, 5.41) is 2.74. The van der Waals surface area contributed by atoms with Gasteiger partial charge in [-0.2, -0.15) is 0 Å². The fourth-order valence-electron chi connectivity index (χ4n) is 2.25. The molecule has 2 aromatic rings. The molecule has 2 aromatic heterocycles. The average molecular weight is 296 g/mol. The van der Waals surface area contributed by atoms with Gasteiger partial charge in [-0.3, -0.25) is 4.79 Å². The van der Waals surface area contributed by atoms with E-state index in [1.807, 2.05) is 6.20 Å². The Morgan fingerprint density at radius 1 is 1.50 bits per heavy atom. The number of nitrogens with one attached hydrogen (secondary N) is 1. The summed E-state index contributed by atoms with van der Waals surface area (Å²) in [4.78, 5) is 14.1. The van der Waals surface area contributed by atoms with E-state index < -0.39 is 0 Å². The first-order chi connectivity index (χ1) is 8.76. The van der Waals surface area contributed by atoms with Gasteiger partial charge in [0.15, 0.2) is 0 Å². The summed E-state index contributed by atoms with van der Waals surface area (Å²) in [6.45, 7) is 0. The number of hydrogen-bond donors (Lipinski definition) is 1. The monoisotopic (exact) mass is 296 g/mol. The summed E-state index contributed by atoms with van der Waals surface area (Å²) < 4.78 is 5.52. The molecule has 18 heavy (non-hydrogen) atoms. The molecule has 1 aliphatic carbocycles. The molecule has 94 valence electrons. The number of thiophene rings is 1. The summed E-state index contributed by atoms with van der Waals surface area (Å²) in [6, 6.07) is 0. The van der Waals surface area contributed by atoms with Crippen LogP contribution in [0.4, 0.5) is 0 Å². The molecule has 0 atom stereocenters. The van der Waals surface area contributed by atoms with Crippen molar-refractivity contribution in [3.8, 4) is 10.4 Å². The summed E-state index contributed by atoms with van der Waals surface area (Å²) in [5.74, 6) is 0.0320. The Kier molecular flexibility index (Phi) is 3.17. The second-order valence-corrected chi connectivity index (χ2v) is 6.93. The lowest BCUT2D eigenvalue weighted by Gasteiger charge is -2.13. The van der Waals surface area contributed by atoms with Crippen LogP contribution >= 0.6 is 34.6 Å². The molecule has 0 fully saturated rings. The summed E-state index contributed by atoms with van der Waals surface area (Å²) in [5.41, 5.74) is 3.79. The highest BCUT2D eigenvalue weighted by molar-refractivity contribution is 8.00. The van der Waals surface area contributed by atoms with E-state index in [0.29, 0.717) is 0 Å². The maximum absolute atomic E-state index is 11.9. The van der Waals surface area contributed by atoms with E-state index in [-0.39, 0.29) is 5.91 Å². The predicted octanol–water partition coefficient (Wildman–Crippen LogP) is 3.05. The zero-order valence-corrected chi connectivity index (χ0v) is 12.5. The van der Waals surface area contributed by atoms with Crippen LogP contribution in [-0.4, -0.2) is 23.6 Å². The van der Waals surface area contributed by atoms with Crippen LogP contribution in [0.5, 0.6) is 0 Å². The van der Waals surface area contributed by atoms with E-state index in [1.54, 1.807) is 41.7 Å². The van der Waals surface area contributed by atoms with Crippen molar-refractivity contribution in [2.45, 2.75) is 17.1 Å². The van der Waals surface area contributed by atoms with Gasteiger partial charge < -0.3 is 5.32 Å². The van der Waals surface area contributed by atoms with Gasteiger partial charge in [-0.1, -0.05) is 0 Å². The molecule has 0 aliphatic heterocycles. The third-order valence-corrected chi connectivity index (χ3v) is 6.32. The molecular weight excluding hydrogens is 284 g/mol. The zero-order chi connectivity index (χ0) is 12.7. The Labute approximate surface area is 118 Å². The maximum atomic E-state index is 11.9. The fraction of sp³-hybridized carbons (Fsp3) is 0.333. The zero-order valence-electron chi connectivity index (χ0n) is 10.1. The molecule has 6 heteroatoms. The third kappa shape index (κ3) is 1.71. The predicted molar refractivity (Wildman–Crippen MR) is 78.0 cm³/mol. The minimum atomic E-state index is 0.0320. The van der Waals surface area contributed by atoms with Crippen molar-refractivity contribution in [1.29, 1.82) is 0 Å². The molecule has 1 aliphatic rings. The van der Waals surface area contributed by atoms with Crippen molar-refractivity contribution in [2.75, 3.05) is 13.3 Å². The van der Waals surface area contributed by atoms with E-state index in [0.717, 1.165) is 17.7 Å². The first kappa shape index (κ1) is 12.2. The Morgan fingerprint density at radius 3 is 3.06 bits per heavy atom. The SMILES string of the molecule is CNC(=O)c1sc(SC)c2c1CCc1cnsc1-2. The van der Waals surface area contributed by atoms with Gasteiger partial charge in [0.05, 0.1) is 14.0 Å². The van der Waals surface area contributed by atoms with Gasteiger partial charge in [0, 0.05) is 18.8 Å². The first-order valence-electron chi connectivity index (χ1n) is 5.62. The molecule has 3 rings (SSSR count). The van der Waals surface area contributed by atoms with Crippen molar-refractivity contribution < 1.29 is 4.79 Å². The molecule has 0 bridgehead atoms. The van der Waals surface area contributed by atoms with E-state index in [1.165, 1.54) is 25.8 Å². The van der Waals surface area contributed by atoms with Crippen molar-refractivity contribution in [1.82, 2.24) is 9.69 Å². The van der Waals surface area contributed by atoms with Gasteiger partial charge in [0.1, 0.15) is 0 Å². The number of rotatable bonds is 2. The minimum Gasteiger partial charge on any atom is -0.354 e. The van der Waals surface area contributed by atoms with Gasteiger partial charge >= 0.3 is 0 Å². The molecule has 0 spiro atoms. The van der Waals surface area contributed by atoms with Crippen LogP contribution in [0.3, 0.4) is 0 Å². The van der Waals surface area contributed by atoms with Crippen LogP contribution in [0.2, 0.25) is 0 Å². The highest BCUT2D eigenvalue weighted by Crippen LogP contribution is 2.47. The van der Waals surface area contributed by atoms with Gasteiger partial charge in [-0.25, -0.2) is 4.37 Å². The van der Waals surface area contributed by atoms with Crippen molar-refractivity contribution >= 4 is 40.5 Å². The molecular formula is C12H12N2OS3. The van der Waals surface area contributed by atoms with Crippen LogP contribution in [0.25, 0.3) is 10.4 Å². The summed E-state index contributed by atoms with van der Waals surface area (Å²) in [7, 11) is 1.69. The van der Waals surface area contributed by atoms with Crippen molar-refractivity contribution in [3.05, 3.63) is 22.2 Å². The second kappa shape index (κ2) is 4.68. The molecule has 0 unspecified atom stereocenters. The lowest BCUT2D eigenvalue weighted by atomic mass is 9.93. The minimum absolute atomic E-state index is 0.0320. The number of thioether (sulfide) groups is 1. The highest BCUT2D eigenvalue weighted by atomic mass is 32.2. The summed E-state index contributed by atoms with van der Waals surface area (Å²) in [6.07, 6.45) is 5.97. The lowest BCUT2D eigenvalue weighted by molar-refractivity contribution is 0.0966. The number of carbonyl (C=O) groups excluding carboxylic acids is 1. The van der Waals surface area contributed by atoms with Gasteiger partial charge in [0.2, 0.25) is 0 Å². The quantitative estimate of drug-likeness (QED) is 0.866. The van der Waals surface area contributed by atoms with Crippen molar-refractivity contribution in [3.63, 3.8) is 0 Å². The van der Waals surface area contributed by atoms with Gasteiger partial charge in [-0.05, 0) is 41.8 Å². The highest BCUT2D eigenvalue weighted by Gasteiger charge is 2.28. The number of amides is 1. The molecule has 0 saturated heterocycles. The van der Waals surface area contributed by atoms with Crippen molar-refractivity contribution in [2.24, 2.45) is 0 Å². The van der Waals surface area contributed by atoms with Crippen LogP contribution < -0.4 is 5.32 Å². The normalized spacial score (nSPS) is 13.0. The van der Waals surface area contributed by atoms with E-state index in [4.69, 9.17) is 0 Å². The van der Waals surface area contributed by atoms with Gasteiger partial charge in [-0.15, -0.1) is 23.1 Å². The van der Waals surface area contributed by atoms with E-state index in [9.17, 15) is 4.79 Å². The topological polar surface area (TPSA) is 42.0 Å². The molecule has 0 saturated carbocycles. The lowest BCUT2D eigenvalue weighted by Crippen LogP contribution is -2.18. The number of fused-ring (bicyclic) bond motifs is 3. The van der Waals surface area contributed by atoms with E-state index >= 15 is 0 Å². The number of nitrogens with zero attached hydrogens (tertiary/aromatic N) is 1. The van der Waals surface area contributed by atoms with Crippen LogP contribution in [0, 0.1) is 0 Å². The second-order valence-electron chi connectivity index (χ2n) is 4.04. The summed E-state index contributed by atoms with van der Waals surface area (Å²) >= 11 is 4.86. The number of aryl methyl sites for hydroxylation is 1. The smallest absolute Gasteiger partial charge is 0.261 e. The van der Waals surface area contributed by atoms with Crippen LogP contribution in [0.1, 0.15) is 20.8 Å². The third-order valence-electron chi connectivity index (χ3n) is 3.11. The molecule has 1 amide bonds. The maximum Gasteiger partial charge on any atom is 0.261 e. The number of carbonyl (C=O) groups is 1. The Morgan fingerprint density at radius 2 is 2.33 bits per heavy atom. The molecule has 2 heterocycles. The van der Waals surface area contributed by atoms with Crippen LogP contribution in [-0.2, 0) is 12.8 Å². The van der Waals surface area contributed by atoms with E-state index in [2.05, 4.69) is 15.9 Å². The standard InChI is InChI=1S/C12H12N2OS3/c1-13-11(15)10-7-4-3-6-5-14-18-9(6)8(7)12(16-2)17-10/h5H,3-4H2,1-2H3,(H,13,15). The number of hydrogen-bond acceptors (Lipinski definition) is 5. The Hall–Kier alpha value is -0.850. The largest absolute Gasteiger partial charge is 0.354 e. The first-order valence-corrected chi connectivity index (χ1v) is 8.43. The Balaban J connectivity index is 2.23. The van der Waals surface area contributed by atoms with Crippen LogP contribution in [0.15, 0.2) is 10.4 Å². The molecule has 0 aromatic carbocycles. The molecule has 3 nitrogen and oxygen atoms in total.